The monoisotopic (exact) mass is 511 g/mol. The van der Waals surface area contributed by atoms with Crippen molar-refractivity contribution < 1.29 is 27.4 Å². The van der Waals surface area contributed by atoms with Crippen LogP contribution in [-0.2, 0) is 10.9 Å². The molecule has 37 heavy (non-hydrogen) atoms. The van der Waals surface area contributed by atoms with Crippen molar-refractivity contribution in [3.8, 4) is 16.9 Å². The fourth-order valence-corrected chi connectivity index (χ4v) is 3.93. The molecule has 0 spiro atoms. The Hall–Kier alpha value is -4.41. The van der Waals surface area contributed by atoms with Crippen molar-refractivity contribution in [2.45, 2.75) is 26.1 Å². The minimum Gasteiger partial charge on any atom is -0.496 e. The third-order valence-electron chi connectivity index (χ3n) is 5.76. The number of ether oxygens (including phenoxy) is 2. The second-order valence-electron chi connectivity index (χ2n) is 8.36. The van der Waals surface area contributed by atoms with Gasteiger partial charge in [0.15, 0.2) is 0 Å². The molecule has 4 rings (SSSR count). The number of aromatic nitrogens is 3. The Kier molecular flexibility index (Phi) is 6.88. The van der Waals surface area contributed by atoms with Crippen LogP contribution in [-0.4, -0.2) is 35.1 Å². The lowest BCUT2D eigenvalue weighted by atomic mass is 10.0. The summed E-state index contributed by atoms with van der Waals surface area (Å²) in [5, 5.41) is 3.82. The number of carbonyl (C=O) groups is 1. The van der Waals surface area contributed by atoms with Crippen molar-refractivity contribution in [3.63, 3.8) is 0 Å². The fraction of sp³-hybridized carbons (Fsp3) is 0.231. The SMILES string of the molecule is COC(=O)c1ccc(-c2cc3c(N[C@H](C)c4cc(N)cc(C(F)(F)F)c4)nc(C)nc3cc2OC)cn1. The molecule has 0 aliphatic carbocycles. The third-order valence-corrected chi connectivity index (χ3v) is 5.76. The molecule has 0 amide bonds. The van der Waals surface area contributed by atoms with Crippen LogP contribution in [0.2, 0.25) is 0 Å². The van der Waals surface area contributed by atoms with Gasteiger partial charge in [-0.05, 0) is 49.7 Å². The van der Waals surface area contributed by atoms with Crippen LogP contribution in [0.4, 0.5) is 24.7 Å². The number of nitrogens with zero attached hydrogens (tertiary/aromatic N) is 3. The van der Waals surface area contributed by atoms with Crippen LogP contribution in [0, 0.1) is 6.92 Å². The van der Waals surface area contributed by atoms with Crippen molar-refractivity contribution in [2.75, 3.05) is 25.3 Å². The topological polar surface area (TPSA) is 112 Å². The van der Waals surface area contributed by atoms with Crippen LogP contribution in [0.25, 0.3) is 22.0 Å². The number of methoxy groups -OCH3 is 2. The van der Waals surface area contributed by atoms with E-state index in [0.717, 1.165) is 12.1 Å². The largest absolute Gasteiger partial charge is 0.496 e. The summed E-state index contributed by atoms with van der Waals surface area (Å²) in [4.78, 5) is 24.9. The molecular weight excluding hydrogens is 487 g/mol. The molecule has 0 aliphatic rings. The number of anilines is 2. The number of aryl methyl sites for hydroxylation is 1. The van der Waals surface area contributed by atoms with Gasteiger partial charge >= 0.3 is 12.1 Å². The summed E-state index contributed by atoms with van der Waals surface area (Å²) in [6.45, 7) is 3.44. The maximum absolute atomic E-state index is 13.3. The Morgan fingerprint density at radius 2 is 1.84 bits per heavy atom. The van der Waals surface area contributed by atoms with Crippen molar-refractivity contribution >= 4 is 28.4 Å². The molecule has 0 radical (unpaired) electrons. The van der Waals surface area contributed by atoms with Gasteiger partial charge in [0, 0.05) is 34.5 Å². The van der Waals surface area contributed by atoms with E-state index in [9.17, 15) is 18.0 Å². The summed E-state index contributed by atoms with van der Waals surface area (Å²) in [5.41, 5.74) is 7.35. The summed E-state index contributed by atoms with van der Waals surface area (Å²) in [6.07, 6.45) is -3.00. The van der Waals surface area contributed by atoms with E-state index in [1.54, 1.807) is 32.0 Å². The van der Waals surface area contributed by atoms with Crippen LogP contribution in [0.3, 0.4) is 0 Å². The second kappa shape index (κ2) is 9.92. The summed E-state index contributed by atoms with van der Waals surface area (Å²) < 4.78 is 50.3. The lowest BCUT2D eigenvalue weighted by Crippen LogP contribution is -2.13. The number of hydrogen-bond donors (Lipinski definition) is 2. The van der Waals surface area contributed by atoms with Gasteiger partial charge in [-0.15, -0.1) is 0 Å². The Morgan fingerprint density at radius 3 is 2.46 bits per heavy atom. The first-order valence-corrected chi connectivity index (χ1v) is 11.2. The predicted molar refractivity (Wildman–Crippen MR) is 133 cm³/mol. The molecule has 0 aliphatic heterocycles. The summed E-state index contributed by atoms with van der Waals surface area (Å²) in [7, 11) is 2.80. The molecule has 192 valence electrons. The molecular formula is C26H24F3N5O3. The van der Waals surface area contributed by atoms with Crippen molar-refractivity contribution in [1.29, 1.82) is 0 Å². The van der Waals surface area contributed by atoms with Gasteiger partial charge in [0.2, 0.25) is 0 Å². The number of fused-ring (bicyclic) bond motifs is 1. The van der Waals surface area contributed by atoms with Gasteiger partial charge in [-0.2, -0.15) is 13.2 Å². The van der Waals surface area contributed by atoms with Gasteiger partial charge in [0.05, 0.1) is 31.3 Å². The molecule has 0 bridgehead atoms. The Bertz CT molecular complexity index is 1470. The molecule has 2 aromatic heterocycles. The molecule has 0 fully saturated rings. The Morgan fingerprint density at radius 1 is 1.08 bits per heavy atom. The first-order valence-electron chi connectivity index (χ1n) is 11.2. The first-order chi connectivity index (χ1) is 17.5. The Labute approximate surface area is 210 Å². The maximum Gasteiger partial charge on any atom is 0.416 e. The molecule has 2 aromatic carbocycles. The molecule has 0 saturated heterocycles. The summed E-state index contributed by atoms with van der Waals surface area (Å²) in [5.74, 6) is 0.846. The zero-order valence-electron chi connectivity index (χ0n) is 20.5. The highest BCUT2D eigenvalue weighted by atomic mass is 19.4. The standard InChI is InChI=1S/C26H24F3N5O3/c1-13(16-7-17(26(27,28)29)9-18(30)8-16)32-24-20-10-19(15-5-6-21(31-12-15)25(35)37-4)23(36-3)11-22(20)33-14(2)34-24/h5-13H,30H2,1-4H3,(H,32,33,34)/t13-/m1/s1. The van der Waals surface area contributed by atoms with E-state index in [1.807, 2.05) is 0 Å². The fourth-order valence-electron chi connectivity index (χ4n) is 3.93. The van der Waals surface area contributed by atoms with Crippen molar-refractivity contribution in [3.05, 3.63) is 71.3 Å². The average Bonchev–Trinajstić information content (AvgIpc) is 2.86. The van der Waals surface area contributed by atoms with Crippen LogP contribution in [0.1, 0.15) is 40.4 Å². The van der Waals surface area contributed by atoms with E-state index in [4.69, 9.17) is 15.2 Å². The highest BCUT2D eigenvalue weighted by Crippen LogP contribution is 2.37. The summed E-state index contributed by atoms with van der Waals surface area (Å²) in [6, 6.07) is 9.69. The lowest BCUT2D eigenvalue weighted by Gasteiger charge is -2.20. The number of nitrogen functional groups attached to an aromatic ring is 1. The van der Waals surface area contributed by atoms with Gasteiger partial charge in [-0.1, -0.05) is 6.07 Å². The molecule has 0 unspecified atom stereocenters. The van der Waals surface area contributed by atoms with Gasteiger partial charge in [0.1, 0.15) is 23.1 Å². The second-order valence-corrected chi connectivity index (χ2v) is 8.36. The van der Waals surface area contributed by atoms with E-state index >= 15 is 0 Å². The van der Waals surface area contributed by atoms with Crippen LogP contribution >= 0.6 is 0 Å². The number of nitrogens with one attached hydrogen (secondary N) is 1. The zero-order chi connectivity index (χ0) is 26.9. The minimum atomic E-state index is -4.52. The molecule has 0 saturated carbocycles. The number of nitrogens with two attached hydrogens (primary N) is 1. The number of carbonyl (C=O) groups excluding carboxylic acids is 1. The van der Waals surface area contributed by atoms with Crippen LogP contribution in [0.15, 0.2) is 48.7 Å². The normalized spacial score (nSPS) is 12.3. The summed E-state index contributed by atoms with van der Waals surface area (Å²) >= 11 is 0. The third kappa shape index (κ3) is 5.40. The molecule has 4 aromatic rings. The van der Waals surface area contributed by atoms with Crippen LogP contribution in [0.5, 0.6) is 5.75 Å². The maximum atomic E-state index is 13.3. The number of esters is 1. The van der Waals surface area contributed by atoms with Crippen molar-refractivity contribution in [2.24, 2.45) is 0 Å². The zero-order valence-corrected chi connectivity index (χ0v) is 20.5. The van der Waals surface area contributed by atoms with E-state index in [2.05, 4.69) is 20.3 Å². The highest BCUT2D eigenvalue weighted by Gasteiger charge is 2.31. The number of benzene rings is 2. The number of hydrogen-bond acceptors (Lipinski definition) is 8. The highest BCUT2D eigenvalue weighted by molar-refractivity contribution is 5.95. The van der Waals surface area contributed by atoms with Gasteiger partial charge in [0.25, 0.3) is 0 Å². The number of halogens is 3. The molecule has 2 heterocycles. The molecule has 3 N–H and O–H groups in total. The predicted octanol–water partition coefficient (Wildman–Crippen LogP) is 5.57. The van der Waals surface area contributed by atoms with E-state index in [1.165, 1.54) is 32.5 Å². The van der Waals surface area contributed by atoms with Crippen LogP contribution < -0.4 is 15.8 Å². The average molecular weight is 512 g/mol. The molecule has 11 heteroatoms. The van der Waals surface area contributed by atoms with E-state index in [-0.39, 0.29) is 11.4 Å². The lowest BCUT2D eigenvalue weighted by molar-refractivity contribution is -0.137. The van der Waals surface area contributed by atoms with E-state index < -0.39 is 23.8 Å². The number of alkyl halides is 3. The number of rotatable bonds is 6. The minimum absolute atomic E-state index is 0.0112. The van der Waals surface area contributed by atoms with Gasteiger partial charge in [-0.3, -0.25) is 0 Å². The number of pyridine rings is 1. The first kappa shape index (κ1) is 25.7. The Balaban J connectivity index is 1.78. The van der Waals surface area contributed by atoms with Gasteiger partial charge in [-0.25, -0.2) is 19.7 Å². The van der Waals surface area contributed by atoms with Gasteiger partial charge < -0.3 is 20.5 Å². The molecule has 8 nitrogen and oxygen atoms in total. The quantitative estimate of drug-likeness (QED) is 0.255. The van der Waals surface area contributed by atoms with Crippen molar-refractivity contribution in [1.82, 2.24) is 15.0 Å². The smallest absolute Gasteiger partial charge is 0.416 e. The molecule has 1 atom stereocenters. The van der Waals surface area contributed by atoms with E-state index in [0.29, 0.717) is 45.0 Å².